The van der Waals surface area contributed by atoms with E-state index in [4.69, 9.17) is 5.73 Å². The highest BCUT2D eigenvalue weighted by Gasteiger charge is 2.23. The van der Waals surface area contributed by atoms with E-state index in [-0.39, 0.29) is 5.91 Å². The fourth-order valence-electron chi connectivity index (χ4n) is 2.96. The number of amides is 1. The monoisotopic (exact) mass is 298 g/mol. The third-order valence-corrected chi connectivity index (χ3v) is 4.34. The van der Waals surface area contributed by atoms with E-state index in [2.05, 4.69) is 5.10 Å². The highest BCUT2D eigenvalue weighted by Crippen LogP contribution is 2.20. The lowest BCUT2D eigenvalue weighted by molar-refractivity contribution is 0.0681. The molecular weight excluding hydrogens is 276 g/mol. The maximum absolute atomic E-state index is 12.5. The predicted octanol–water partition coefficient (Wildman–Crippen LogP) is 1.89. The normalized spacial score (nSPS) is 16.0. The van der Waals surface area contributed by atoms with E-state index in [0.717, 1.165) is 43.6 Å². The number of likely N-dealkylation sites (tertiary alicyclic amines) is 1. The van der Waals surface area contributed by atoms with Gasteiger partial charge >= 0.3 is 0 Å². The van der Waals surface area contributed by atoms with E-state index in [0.29, 0.717) is 12.5 Å². The van der Waals surface area contributed by atoms with Crippen molar-refractivity contribution in [3.05, 3.63) is 53.9 Å². The van der Waals surface area contributed by atoms with Gasteiger partial charge in [0.25, 0.3) is 5.91 Å². The van der Waals surface area contributed by atoms with E-state index in [1.165, 1.54) is 0 Å². The second-order valence-electron chi connectivity index (χ2n) is 5.86. The van der Waals surface area contributed by atoms with Crippen LogP contribution in [-0.4, -0.2) is 33.7 Å². The molecule has 0 atom stereocenters. The van der Waals surface area contributed by atoms with Crippen molar-refractivity contribution in [3.8, 4) is 0 Å². The molecule has 1 fully saturated rings. The van der Waals surface area contributed by atoms with Crippen LogP contribution in [0.3, 0.4) is 0 Å². The van der Waals surface area contributed by atoms with Crippen LogP contribution in [0.25, 0.3) is 0 Å². The SMILES string of the molecule is NCc1ccc(C(=O)N2CCC(Cn3cccn3)CC2)cc1. The number of aromatic nitrogens is 2. The average molecular weight is 298 g/mol. The molecule has 116 valence electrons. The topological polar surface area (TPSA) is 64.2 Å². The van der Waals surface area contributed by atoms with Crippen LogP contribution < -0.4 is 5.73 Å². The van der Waals surface area contributed by atoms with E-state index >= 15 is 0 Å². The van der Waals surface area contributed by atoms with Gasteiger partial charge in [0.2, 0.25) is 0 Å². The molecule has 5 heteroatoms. The molecule has 0 saturated carbocycles. The van der Waals surface area contributed by atoms with Crippen molar-refractivity contribution in [2.45, 2.75) is 25.9 Å². The van der Waals surface area contributed by atoms with Crippen molar-refractivity contribution in [2.75, 3.05) is 13.1 Å². The summed E-state index contributed by atoms with van der Waals surface area (Å²) in [6.45, 7) is 3.10. The van der Waals surface area contributed by atoms with E-state index in [1.807, 2.05) is 52.3 Å². The van der Waals surface area contributed by atoms with Gasteiger partial charge in [-0.2, -0.15) is 5.10 Å². The molecule has 0 unspecified atom stereocenters. The number of hydrogen-bond donors (Lipinski definition) is 1. The Labute approximate surface area is 130 Å². The number of benzene rings is 1. The van der Waals surface area contributed by atoms with Gasteiger partial charge in [-0.15, -0.1) is 0 Å². The Morgan fingerprint density at radius 3 is 2.55 bits per heavy atom. The van der Waals surface area contributed by atoms with Crippen LogP contribution in [0, 0.1) is 5.92 Å². The fraction of sp³-hybridized carbons (Fsp3) is 0.412. The molecule has 0 aliphatic carbocycles. The number of carbonyl (C=O) groups is 1. The molecule has 5 nitrogen and oxygen atoms in total. The summed E-state index contributed by atoms with van der Waals surface area (Å²) < 4.78 is 1.98. The van der Waals surface area contributed by atoms with Crippen molar-refractivity contribution in [1.82, 2.24) is 14.7 Å². The maximum Gasteiger partial charge on any atom is 0.253 e. The second-order valence-corrected chi connectivity index (χ2v) is 5.86. The van der Waals surface area contributed by atoms with Crippen molar-refractivity contribution in [3.63, 3.8) is 0 Å². The molecule has 1 aliphatic heterocycles. The number of rotatable bonds is 4. The summed E-state index contributed by atoms with van der Waals surface area (Å²) in [7, 11) is 0. The zero-order valence-electron chi connectivity index (χ0n) is 12.7. The van der Waals surface area contributed by atoms with Gasteiger partial charge in [-0.25, -0.2) is 0 Å². The Bertz CT molecular complexity index is 598. The third kappa shape index (κ3) is 3.36. The molecule has 1 saturated heterocycles. The first-order valence-corrected chi connectivity index (χ1v) is 7.82. The number of piperidine rings is 1. The number of carbonyl (C=O) groups excluding carboxylic acids is 1. The molecule has 2 heterocycles. The van der Waals surface area contributed by atoms with Crippen molar-refractivity contribution < 1.29 is 4.79 Å². The predicted molar refractivity (Wildman–Crippen MR) is 85.2 cm³/mol. The van der Waals surface area contributed by atoms with Gasteiger partial charge in [-0.1, -0.05) is 12.1 Å². The van der Waals surface area contributed by atoms with Crippen LogP contribution in [0.2, 0.25) is 0 Å². The van der Waals surface area contributed by atoms with Gasteiger partial charge in [-0.05, 0) is 42.5 Å². The Balaban J connectivity index is 1.54. The van der Waals surface area contributed by atoms with Crippen LogP contribution in [0.15, 0.2) is 42.7 Å². The number of nitrogens with two attached hydrogens (primary N) is 1. The van der Waals surface area contributed by atoms with E-state index in [9.17, 15) is 4.79 Å². The molecular formula is C17H22N4O. The van der Waals surface area contributed by atoms with Crippen LogP contribution >= 0.6 is 0 Å². The minimum absolute atomic E-state index is 0.126. The first kappa shape index (κ1) is 14.8. The molecule has 1 aromatic carbocycles. The van der Waals surface area contributed by atoms with Crippen molar-refractivity contribution in [2.24, 2.45) is 11.7 Å². The molecule has 0 bridgehead atoms. The minimum Gasteiger partial charge on any atom is -0.339 e. The first-order chi connectivity index (χ1) is 10.8. The van der Waals surface area contributed by atoms with Crippen LogP contribution in [0.5, 0.6) is 0 Å². The highest BCUT2D eigenvalue weighted by atomic mass is 16.2. The van der Waals surface area contributed by atoms with Crippen LogP contribution in [-0.2, 0) is 13.1 Å². The molecule has 2 aromatic rings. The van der Waals surface area contributed by atoms with E-state index in [1.54, 1.807) is 0 Å². The quantitative estimate of drug-likeness (QED) is 0.937. The van der Waals surface area contributed by atoms with Crippen molar-refractivity contribution >= 4 is 5.91 Å². The van der Waals surface area contributed by atoms with E-state index < -0.39 is 0 Å². The lowest BCUT2D eigenvalue weighted by atomic mass is 9.96. The molecule has 3 rings (SSSR count). The zero-order valence-corrected chi connectivity index (χ0v) is 12.7. The standard InChI is InChI=1S/C17H22N4O/c18-12-14-2-4-16(5-3-14)17(22)20-10-6-15(7-11-20)13-21-9-1-8-19-21/h1-5,8-9,15H,6-7,10-13,18H2. The summed E-state index contributed by atoms with van der Waals surface area (Å²) in [5, 5.41) is 4.25. The summed E-state index contributed by atoms with van der Waals surface area (Å²) in [6.07, 6.45) is 5.87. The third-order valence-electron chi connectivity index (χ3n) is 4.34. The van der Waals surface area contributed by atoms with Gasteiger partial charge in [0.05, 0.1) is 0 Å². The molecule has 1 aliphatic rings. The van der Waals surface area contributed by atoms with Gasteiger partial charge in [-0.3, -0.25) is 9.48 Å². The Hall–Kier alpha value is -2.14. The highest BCUT2D eigenvalue weighted by molar-refractivity contribution is 5.94. The van der Waals surface area contributed by atoms with Crippen LogP contribution in [0.1, 0.15) is 28.8 Å². The summed E-state index contributed by atoms with van der Waals surface area (Å²) in [5.74, 6) is 0.727. The Morgan fingerprint density at radius 1 is 1.23 bits per heavy atom. The van der Waals surface area contributed by atoms with Crippen LogP contribution in [0.4, 0.5) is 0 Å². The first-order valence-electron chi connectivity index (χ1n) is 7.82. The summed E-state index contributed by atoms with van der Waals surface area (Å²) in [4.78, 5) is 14.5. The molecule has 1 amide bonds. The summed E-state index contributed by atoms with van der Waals surface area (Å²) in [6, 6.07) is 9.56. The minimum atomic E-state index is 0.126. The second kappa shape index (κ2) is 6.75. The van der Waals surface area contributed by atoms with Gasteiger partial charge in [0.15, 0.2) is 0 Å². The zero-order chi connectivity index (χ0) is 15.4. The largest absolute Gasteiger partial charge is 0.339 e. The van der Waals surface area contributed by atoms with Crippen molar-refractivity contribution in [1.29, 1.82) is 0 Å². The molecule has 0 spiro atoms. The lowest BCUT2D eigenvalue weighted by Gasteiger charge is -2.32. The Morgan fingerprint density at radius 2 is 1.95 bits per heavy atom. The molecule has 2 N–H and O–H groups in total. The summed E-state index contributed by atoms with van der Waals surface area (Å²) >= 11 is 0. The summed E-state index contributed by atoms with van der Waals surface area (Å²) in [5.41, 5.74) is 7.39. The molecule has 22 heavy (non-hydrogen) atoms. The number of hydrogen-bond acceptors (Lipinski definition) is 3. The lowest BCUT2D eigenvalue weighted by Crippen LogP contribution is -2.39. The molecule has 1 aromatic heterocycles. The molecule has 0 radical (unpaired) electrons. The van der Waals surface area contributed by atoms with Gasteiger partial charge in [0.1, 0.15) is 0 Å². The Kier molecular flexibility index (Phi) is 4.53. The average Bonchev–Trinajstić information content (AvgIpc) is 3.08. The van der Waals surface area contributed by atoms with Gasteiger partial charge in [0, 0.05) is 44.1 Å². The number of nitrogens with zero attached hydrogens (tertiary/aromatic N) is 3. The van der Waals surface area contributed by atoms with Gasteiger partial charge < -0.3 is 10.6 Å². The maximum atomic E-state index is 12.5. The fourth-order valence-corrected chi connectivity index (χ4v) is 2.96. The smallest absolute Gasteiger partial charge is 0.253 e.